The highest BCUT2D eigenvalue weighted by molar-refractivity contribution is 14.1. The summed E-state index contributed by atoms with van der Waals surface area (Å²) in [5, 5.41) is 9.50. The van der Waals surface area contributed by atoms with Crippen LogP contribution in [-0.2, 0) is 6.42 Å². The topological polar surface area (TPSA) is 55.5 Å². The van der Waals surface area contributed by atoms with Gasteiger partial charge in [0.05, 0.1) is 7.14 Å². The van der Waals surface area contributed by atoms with E-state index in [2.05, 4.69) is 45.2 Å². The van der Waals surface area contributed by atoms with Crippen LogP contribution >= 0.6 is 45.2 Å². The Bertz CT molecular complexity index is 547. The summed E-state index contributed by atoms with van der Waals surface area (Å²) in [5.41, 5.74) is 6.72. The second-order valence-electron chi connectivity index (χ2n) is 4.02. The van der Waals surface area contributed by atoms with Crippen molar-refractivity contribution in [1.82, 2.24) is 0 Å². The van der Waals surface area contributed by atoms with Gasteiger partial charge in [0.2, 0.25) is 0 Å². The molecule has 0 atom stereocenters. The van der Waals surface area contributed by atoms with Gasteiger partial charge in [0, 0.05) is 0 Å². The first-order valence-electron chi connectivity index (χ1n) is 5.75. The van der Waals surface area contributed by atoms with Gasteiger partial charge in [0.1, 0.15) is 11.5 Å². The minimum atomic E-state index is 0.249. The Morgan fingerprint density at radius 2 is 1.63 bits per heavy atom. The third-order valence-electron chi connectivity index (χ3n) is 2.56. The van der Waals surface area contributed by atoms with Crippen molar-refractivity contribution in [2.75, 3.05) is 6.54 Å². The smallest absolute Gasteiger partial charge is 0.154 e. The predicted octanol–water partition coefficient (Wildman–Crippen LogP) is 3.89. The number of benzene rings is 2. The Hall–Kier alpha value is -0.540. The van der Waals surface area contributed by atoms with E-state index in [0.717, 1.165) is 25.1 Å². The number of hydrogen-bond acceptors (Lipinski definition) is 3. The average molecular weight is 481 g/mol. The van der Waals surface area contributed by atoms with Crippen LogP contribution in [0.25, 0.3) is 0 Å². The molecule has 0 radical (unpaired) electrons. The molecule has 2 rings (SSSR count). The van der Waals surface area contributed by atoms with Gasteiger partial charge in [-0.3, -0.25) is 0 Å². The average Bonchev–Trinajstić information content (AvgIpc) is 2.36. The molecule has 0 aromatic heterocycles. The zero-order valence-corrected chi connectivity index (χ0v) is 14.4. The molecule has 0 spiro atoms. The lowest BCUT2D eigenvalue weighted by Gasteiger charge is -2.11. The summed E-state index contributed by atoms with van der Waals surface area (Å²) in [5.74, 6) is 1.80. The molecule has 3 N–H and O–H groups in total. The fraction of sp³-hybridized carbons (Fsp3) is 0.143. The molecule has 0 fully saturated rings. The van der Waals surface area contributed by atoms with Crippen molar-refractivity contribution in [3.63, 3.8) is 0 Å². The highest BCUT2D eigenvalue weighted by Gasteiger charge is 2.09. The van der Waals surface area contributed by atoms with E-state index in [4.69, 9.17) is 10.5 Å². The molecule has 100 valence electrons. The van der Waals surface area contributed by atoms with Crippen LogP contribution in [0.3, 0.4) is 0 Å². The van der Waals surface area contributed by atoms with Crippen molar-refractivity contribution >= 4 is 45.2 Å². The van der Waals surface area contributed by atoms with Crippen LogP contribution in [0, 0.1) is 7.14 Å². The van der Waals surface area contributed by atoms with Gasteiger partial charge in [-0.2, -0.15) is 0 Å². The number of ether oxygens (including phenoxy) is 1. The Morgan fingerprint density at radius 1 is 1.05 bits per heavy atom. The molecule has 0 amide bonds. The van der Waals surface area contributed by atoms with E-state index in [1.54, 1.807) is 12.1 Å². The third kappa shape index (κ3) is 3.96. The van der Waals surface area contributed by atoms with Crippen molar-refractivity contribution < 1.29 is 9.84 Å². The van der Waals surface area contributed by atoms with Crippen LogP contribution in [0.15, 0.2) is 36.4 Å². The maximum Gasteiger partial charge on any atom is 0.154 e. The maximum atomic E-state index is 9.50. The molecule has 19 heavy (non-hydrogen) atoms. The van der Waals surface area contributed by atoms with Crippen LogP contribution in [0.5, 0.6) is 17.2 Å². The number of hydrogen-bond donors (Lipinski definition) is 2. The molecule has 0 aliphatic carbocycles. The number of phenolic OH excluding ortho intramolecular Hbond substituents is 1. The van der Waals surface area contributed by atoms with Crippen molar-refractivity contribution in [3.8, 4) is 17.2 Å². The number of nitrogens with two attached hydrogens (primary N) is 1. The number of phenols is 1. The number of aromatic hydroxyl groups is 1. The summed E-state index contributed by atoms with van der Waals surface area (Å²) in [6.45, 7) is 0.647. The normalized spacial score (nSPS) is 10.5. The van der Waals surface area contributed by atoms with Crippen LogP contribution in [0.4, 0.5) is 0 Å². The van der Waals surface area contributed by atoms with E-state index in [1.165, 1.54) is 5.56 Å². The lowest BCUT2D eigenvalue weighted by molar-refractivity contribution is 0.459. The number of rotatable bonds is 4. The van der Waals surface area contributed by atoms with E-state index in [9.17, 15) is 5.11 Å². The van der Waals surface area contributed by atoms with E-state index in [-0.39, 0.29) is 5.75 Å². The van der Waals surface area contributed by atoms with E-state index in [0.29, 0.717) is 6.54 Å². The fourth-order valence-corrected chi connectivity index (χ4v) is 3.61. The second kappa shape index (κ2) is 6.76. The van der Waals surface area contributed by atoms with E-state index >= 15 is 0 Å². The molecule has 0 bridgehead atoms. The van der Waals surface area contributed by atoms with Gasteiger partial charge in [-0.25, -0.2) is 0 Å². The quantitative estimate of drug-likeness (QED) is 0.653. The third-order valence-corrected chi connectivity index (χ3v) is 4.16. The van der Waals surface area contributed by atoms with Crippen LogP contribution in [-0.4, -0.2) is 11.7 Å². The first kappa shape index (κ1) is 14.9. The molecule has 5 heteroatoms. The molecule has 3 nitrogen and oxygen atoms in total. The molecule has 0 saturated heterocycles. The van der Waals surface area contributed by atoms with Gasteiger partial charge in [0.25, 0.3) is 0 Å². The fourth-order valence-electron chi connectivity index (χ4n) is 1.65. The molecule has 2 aromatic rings. The Kier molecular flexibility index (Phi) is 5.28. The van der Waals surface area contributed by atoms with Gasteiger partial charge in [-0.05, 0) is 88.0 Å². The molecular weight excluding hydrogens is 468 g/mol. The predicted molar refractivity (Wildman–Crippen MR) is 92.8 cm³/mol. The zero-order valence-electron chi connectivity index (χ0n) is 10.1. The van der Waals surface area contributed by atoms with Gasteiger partial charge in [-0.1, -0.05) is 12.1 Å². The zero-order chi connectivity index (χ0) is 13.8. The number of halogens is 2. The second-order valence-corrected chi connectivity index (χ2v) is 6.35. The molecule has 0 unspecified atom stereocenters. The Labute approximate surface area is 139 Å². The summed E-state index contributed by atoms with van der Waals surface area (Å²) < 4.78 is 7.64. The molecule has 0 saturated carbocycles. The lowest BCUT2D eigenvalue weighted by Crippen LogP contribution is -2.02. The lowest BCUT2D eigenvalue weighted by atomic mass is 10.1. The molecule has 0 heterocycles. The molecule has 0 aliphatic heterocycles. The maximum absolute atomic E-state index is 9.50. The first-order valence-corrected chi connectivity index (χ1v) is 7.91. The molecule has 0 aliphatic rings. The van der Waals surface area contributed by atoms with Gasteiger partial charge < -0.3 is 15.6 Å². The molecular formula is C14H13I2NO2. The summed E-state index contributed by atoms with van der Waals surface area (Å²) in [4.78, 5) is 0. The highest BCUT2D eigenvalue weighted by atomic mass is 127. The van der Waals surface area contributed by atoms with Crippen LogP contribution < -0.4 is 10.5 Å². The SMILES string of the molecule is NCCc1ccc(Oc2c(I)cc(O)cc2I)cc1. The highest BCUT2D eigenvalue weighted by Crippen LogP contribution is 2.34. The van der Waals surface area contributed by atoms with Crippen molar-refractivity contribution in [3.05, 3.63) is 49.1 Å². The van der Waals surface area contributed by atoms with E-state index in [1.807, 2.05) is 24.3 Å². The van der Waals surface area contributed by atoms with Crippen molar-refractivity contribution in [2.24, 2.45) is 5.73 Å². The minimum Gasteiger partial charge on any atom is -0.508 e. The van der Waals surface area contributed by atoms with Crippen molar-refractivity contribution in [1.29, 1.82) is 0 Å². The summed E-state index contributed by atoms with van der Waals surface area (Å²) in [6.07, 6.45) is 0.870. The summed E-state index contributed by atoms with van der Waals surface area (Å²) >= 11 is 4.30. The summed E-state index contributed by atoms with van der Waals surface area (Å²) in [7, 11) is 0. The standard InChI is InChI=1S/C14H13I2NO2/c15-12-7-10(18)8-13(16)14(12)19-11-3-1-9(2-4-11)5-6-17/h1-4,7-8,18H,5-6,17H2. The van der Waals surface area contributed by atoms with Crippen LogP contribution in [0.2, 0.25) is 0 Å². The van der Waals surface area contributed by atoms with Gasteiger partial charge in [-0.15, -0.1) is 0 Å². The molecule has 2 aromatic carbocycles. The van der Waals surface area contributed by atoms with E-state index < -0.39 is 0 Å². The Balaban J connectivity index is 2.21. The van der Waals surface area contributed by atoms with Gasteiger partial charge in [0.15, 0.2) is 5.75 Å². The van der Waals surface area contributed by atoms with Gasteiger partial charge >= 0.3 is 0 Å². The first-order chi connectivity index (χ1) is 9.10. The van der Waals surface area contributed by atoms with Crippen LogP contribution in [0.1, 0.15) is 5.56 Å². The monoisotopic (exact) mass is 481 g/mol. The minimum absolute atomic E-state index is 0.249. The summed E-state index contributed by atoms with van der Waals surface area (Å²) in [6, 6.07) is 11.3. The van der Waals surface area contributed by atoms with Crippen molar-refractivity contribution in [2.45, 2.75) is 6.42 Å². The Morgan fingerprint density at radius 3 is 2.16 bits per heavy atom. The largest absolute Gasteiger partial charge is 0.508 e.